The third-order valence-electron chi connectivity index (χ3n) is 3.46. The zero-order chi connectivity index (χ0) is 11.4. The standard InChI is InChI=1S/C14H20N2/c1-3-16(12(2)14-9-15-10-14)11-13-7-5-4-6-8-13/h3-8,12,14-15H,1,9-11H2,2H3. The highest BCUT2D eigenvalue weighted by Gasteiger charge is 2.26. The first-order valence-corrected chi connectivity index (χ1v) is 5.94. The van der Waals surface area contributed by atoms with Gasteiger partial charge in [0.1, 0.15) is 0 Å². The highest BCUT2D eigenvalue weighted by molar-refractivity contribution is 5.15. The van der Waals surface area contributed by atoms with Crippen LogP contribution in [0.4, 0.5) is 0 Å². The van der Waals surface area contributed by atoms with Crippen molar-refractivity contribution >= 4 is 0 Å². The van der Waals surface area contributed by atoms with Gasteiger partial charge in [0, 0.05) is 31.6 Å². The van der Waals surface area contributed by atoms with Crippen LogP contribution in [0.25, 0.3) is 0 Å². The van der Waals surface area contributed by atoms with E-state index in [1.807, 2.05) is 6.20 Å². The second kappa shape index (κ2) is 5.17. The van der Waals surface area contributed by atoms with Gasteiger partial charge in [-0.1, -0.05) is 36.9 Å². The molecule has 0 amide bonds. The van der Waals surface area contributed by atoms with Gasteiger partial charge in [0.2, 0.25) is 0 Å². The summed E-state index contributed by atoms with van der Waals surface area (Å²) >= 11 is 0. The summed E-state index contributed by atoms with van der Waals surface area (Å²) in [5.74, 6) is 0.765. The Bertz CT molecular complexity index is 330. The van der Waals surface area contributed by atoms with Crippen LogP contribution in [0, 0.1) is 5.92 Å². The van der Waals surface area contributed by atoms with E-state index in [2.05, 4.69) is 54.1 Å². The van der Waals surface area contributed by atoms with Crippen LogP contribution in [-0.2, 0) is 6.54 Å². The Morgan fingerprint density at radius 3 is 2.62 bits per heavy atom. The van der Waals surface area contributed by atoms with Gasteiger partial charge >= 0.3 is 0 Å². The molecule has 0 aromatic heterocycles. The maximum Gasteiger partial charge on any atom is 0.0426 e. The summed E-state index contributed by atoms with van der Waals surface area (Å²) in [5, 5.41) is 3.32. The minimum atomic E-state index is 0.568. The molecule has 1 atom stereocenters. The molecule has 1 aliphatic heterocycles. The molecule has 86 valence electrons. The van der Waals surface area contributed by atoms with Crippen LogP contribution in [0.1, 0.15) is 12.5 Å². The number of hydrogen-bond donors (Lipinski definition) is 1. The Balaban J connectivity index is 1.97. The molecule has 1 fully saturated rings. The van der Waals surface area contributed by atoms with Gasteiger partial charge < -0.3 is 10.2 Å². The van der Waals surface area contributed by atoms with E-state index in [-0.39, 0.29) is 0 Å². The van der Waals surface area contributed by atoms with Crippen LogP contribution in [-0.4, -0.2) is 24.0 Å². The van der Waals surface area contributed by atoms with E-state index in [1.165, 1.54) is 5.56 Å². The number of rotatable bonds is 5. The monoisotopic (exact) mass is 216 g/mol. The van der Waals surface area contributed by atoms with Crippen molar-refractivity contribution in [1.29, 1.82) is 0 Å². The largest absolute Gasteiger partial charge is 0.371 e. The van der Waals surface area contributed by atoms with Crippen molar-refractivity contribution in [2.75, 3.05) is 13.1 Å². The van der Waals surface area contributed by atoms with Gasteiger partial charge in [0.15, 0.2) is 0 Å². The van der Waals surface area contributed by atoms with Crippen LogP contribution in [0.15, 0.2) is 43.1 Å². The minimum absolute atomic E-state index is 0.568. The van der Waals surface area contributed by atoms with Gasteiger partial charge in [-0.3, -0.25) is 0 Å². The summed E-state index contributed by atoms with van der Waals surface area (Å²) in [4.78, 5) is 2.33. The Labute approximate surface area is 98.0 Å². The second-order valence-electron chi connectivity index (χ2n) is 4.50. The average molecular weight is 216 g/mol. The van der Waals surface area contributed by atoms with E-state index in [0.717, 1.165) is 25.6 Å². The molecule has 0 spiro atoms. The number of nitrogens with one attached hydrogen (secondary N) is 1. The molecule has 0 radical (unpaired) electrons. The van der Waals surface area contributed by atoms with Crippen LogP contribution in [0.2, 0.25) is 0 Å². The molecule has 1 aromatic carbocycles. The summed E-state index contributed by atoms with van der Waals surface area (Å²) in [6.45, 7) is 9.45. The van der Waals surface area contributed by atoms with Gasteiger partial charge in [0.25, 0.3) is 0 Å². The van der Waals surface area contributed by atoms with E-state index in [4.69, 9.17) is 0 Å². The lowest BCUT2D eigenvalue weighted by Crippen LogP contribution is -2.52. The third-order valence-corrected chi connectivity index (χ3v) is 3.46. The molecule has 0 saturated carbocycles. The van der Waals surface area contributed by atoms with Crippen molar-refractivity contribution in [3.8, 4) is 0 Å². The number of nitrogens with zero attached hydrogens (tertiary/aromatic N) is 1. The smallest absolute Gasteiger partial charge is 0.0426 e. The molecule has 1 aliphatic rings. The lowest BCUT2D eigenvalue weighted by Gasteiger charge is -2.39. The van der Waals surface area contributed by atoms with E-state index < -0.39 is 0 Å². The van der Waals surface area contributed by atoms with E-state index in [1.54, 1.807) is 0 Å². The van der Waals surface area contributed by atoms with Gasteiger partial charge in [0.05, 0.1) is 0 Å². The first-order valence-electron chi connectivity index (χ1n) is 5.94. The van der Waals surface area contributed by atoms with Crippen LogP contribution in [0.5, 0.6) is 0 Å². The first kappa shape index (κ1) is 11.2. The second-order valence-corrected chi connectivity index (χ2v) is 4.50. The Morgan fingerprint density at radius 2 is 2.12 bits per heavy atom. The summed E-state index contributed by atoms with van der Waals surface area (Å²) in [7, 11) is 0. The Morgan fingerprint density at radius 1 is 1.44 bits per heavy atom. The molecule has 1 saturated heterocycles. The third kappa shape index (κ3) is 2.45. The summed E-state index contributed by atoms with van der Waals surface area (Å²) < 4.78 is 0. The summed E-state index contributed by atoms with van der Waals surface area (Å²) in [5.41, 5.74) is 1.35. The molecule has 0 bridgehead atoms. The predicted molar refractivity (Wildman–Crippen MR) is 68.0 cm³/mol. The Kier molecular flexibility index (Phi) is 3.62. The van der Waals surface area contributed by atoms with Crippen molar-refractivity contribution < 1.29 is 0 Å². The molecular weight excluding hydrogens is 196 g/mol. The SMILES string of the molecule is C=CN(Cc1ccccc1)C(C)C1CNC1. The van der Waals surface area contributed by atoms with E-state index >= 15 is 0 Å². The highest BCUT2D eigenvalue weighted by atomic mass is 15.2. The highest BCUT2D eigenvalue weighted by Crippen LogP contribution is 2.18. The predicted octanol–water partition coefficient (Wildman–Crippen LogP) is 2.24. The number of hydrogen-bond acceptors (Lipinski definition) is 2. The average Bonchev–Trinajstić information content (AvgIpc) is 2.25. The fraction of sp³-hybridized carbons (Fsp3) is 0.429. The van der Waals surface area contributed by atoms with Gasteiger partial charge in [-0.25, -0.2) is 0 Å². The molecule has 1 unspecified atom stereocenters. The quantitative estimate of drug-likeness (QED) is 0.812. The molecule has 2 heteroatoms. The van der Waals surface area contributed by atoms with Crippen LogP contribution < -0.4 is 5.32 Å². The zero-order valence-corrected chi connectivity index (χ0v) is 9.89. The fourth-order valence-corrected chi connectivity index (χ4v) is 2.09. The van der Waals surface area contributed by atoms with Crippen molar-refractivity contribution in [1.82, 2.24) is 10.2 Å². The zero-order valence-electron chi connectivity index (χ0n) is 9.89. The van der Waals surface area contributed by atoms with E-state index in [9.17, 15) is 0 Å². The topological polar surface area (TPSA) is 15.3 Å². The maximum absolute atomic E-state index is 3.92. The van der Waals surface area contributed by atoms with E-state index in [0.29, 0.717) is 6.04 Å². The van der Waals surface area contributed by atoms with Gasteiger partial charge in [-0.2, -0.15) is 0 Å². The van der Waals surface area contributed by atoms with Crippen LogP contribution >= 0.6 is 0 Å². The van der Waals surface area contributed by atoms with Crippen LogP contribution in [0.3, 0.4) is 0 Å². The maximum atomic E-state index is 3.92. The molecule has 2 rings (SSSR count). The molecular formula is C14H20N2. The fourth-order valence-electron chi connectivity index (χ4n) is 2.09. The molecule has 1 aromatic rings. The molecule has 1 heterocycles. The summed E-state index contributed by atoms with van der Waals surface area (Å²) in [6, 6.07) is 11.1. The number of benzene rings is 1. The van der Waals surface area contributed by atoms with Gasteiger partial charge in [-0.15, -0.1) is 0 Å². The molecule has 1 N–H and O–H groups in total. The molecule has 2 nitrogen and oxygen atoms in total. The van der Waals surface area contributed by atoms with Crippen molar-refractivity contribution in [2.45, 2.75) is 19.5 Å². The lowest BCUT2D eigenvalue weighted by atomic mass is 9.94. The van der Waals surface area contributed by atoms with Crippen molar-refractivity contribution in [2.24, 2.45) is 5.92 Å². The Hall–Kier alpha value is -1.28. The summed E-state index contributed by atoms with van der Waals surface area (Å²) in [6.07, 6.45) is 1.97. The van der Waals surface area contributed by atoms with Gasteiger partial charge in [-0.05, 0) is 18.7 Å². The lowest BCUT2D eigenvalue weighted by molar-refractivity contribution is 0.163. The first-order chi connectivity index (χ1) is 7.81. The minimum Gasteiger partial charge on any atom is -0.371 e. The molecule has 0 aliphatic carbocycles. The van der Waals surface area contributed by atoms with Crippen molar-refractivity contribution in [3.63, 3.8) is 0 Å². The normalized spacial score (nSPS) is 17.6. The molecule has 16 heavy (non-hydrogen) atoms. The van der Waals surface area contributed by atoms with Crippen molar-refractivity contribution in [3.05, 3.63) is 48.7 Å².